The van der Waals surface area contributed by atoms with E-state index in [1.54, 1.807) is 17.0 Å². The highest BCUT2D eigenvalue weighted by Gasteiger charge is 2.37. The summed E-state index contributed by atoms with van der Waals surface area (Å²) in [6, 6.07) is 10.7. The molecule has 2 heterocycles. The number of hydrogen-bond acceptors (Lipinski definition) is 3. The number of hydrogen-bond donors (Lipinski definition) is 1. The molecule has 2 aromatic rings. The van der Waals surface area contributed by atoms with Crippen LogP contribution in [0.2, 0.25) is 0 Å². The molecule has 4 rings (SSSR count). The molecule has 198 valence electrons. The lowest BCUT2D eigenvalue weighted by Gasteiger charge is -2.38. The standard InChI is InChI=1S/C28H32F3N3O3/c1-19-5-7-21(8-6-19)25(35)32-24(27(37)33-15-3-2-4-16-33)20-13-17-34(18-14-20)26(36)22-9-11-23(12-10-22)28(29,30)31/h5-12,20,24H,2-4,13-18H2,1H3,(H,32,35)/t24-/m1/s1. The minimum Gasteiger partial charge on any atom is -0.341 e. The smallest absolute Gasteiger partial charge is 0.341 e. The van der Waals surface area contributed by atoms with Crippen LogP contribution in [0.25, 0.3) is 0 Å². The molecule has 0 aromatic heterocycles. The van der Waals surface area contributed by atoms with E-state index >= 15 is 0 Å². The first-order valence-electron chi connectivity index (χ1n) is 12.8. The van der Waals surface area contributed by atoms with Crippen LogP contribution in [-0.2, 0) is 11.0 Å². The maximum Gasteiger partial charge on any atom is 0.416 e. The Morgan fingerprint density at radius 2 is 1.38 bits per heavy atom. The minimum atomic E-state index is -4.46. The van der Waals surface area contributed by atoms with Gasteiger partial charge in [-0.15, -0.1) is 0 Å². The number of amides is 3. The molecular weight excluding hydrogens is 483 g/mol. The second-order valence-corrected chi connectivity index (χ2v) is 9.91. The number of carbonyl (C=O) groups excluding carboxylic acids is 3. The Morgan fingerprint density at radius 1 is 0.811 bits per heavy atom. The Kier molecular flexibility index (Phi) is 8.19. The van der Waals surface area contributed by atoms with Crippen molar-refractivity contribution in [3.63, 3.8) is 0 Å². The molecule has 0 unspecified atom stereocenters. The highest BCUT2D eigenvalue weighted by molar-refractivity contribution is 5.98. The van der Waals surface area contributed by atoms with Crippen LogP contribution < -0.4 is 5.32 Å². The molecule has 2 fully saturated rings. The Balaban J connectivity index is 1.44. The molecule has 2 aromatic carbocycles. The van der Waals surface area contributed by atoms with Crippen LogP contribution in [0.15, 0.2) is 48.5 Å². The molecule has 0 radical (unpaired) electrons. The molecule has 0 bridgehead atoms. The first-order chi connectivity index (χ1) is 17.6. The highest BCUT2D eigenvalue weighted by Crippen LogP contribution is 2.30. The van der Waals surface area contributed by atoms with E-state index in [1.165, 1.54) is 12.1 Å². The average molecular weight is 516 g/mol. The molecule has 0 saturated carbocycles. The molecular formula is C28H32F3N3O3. The predicted molar refractivity (Wildman–Crippen MR) is 133 cm³/mol. The number of piperidine rings is 2. The first-order valence-corrected chi connectivity index (χ1v) is 12.8. The van der Waals surface area contributed by atoms with Crippen LogP contribution >= 0.6 is 0 Å². The molecule has 6 nitrogen and oxygen atoms in total. The fraction of sp³-hybridized carbons (Fsp3) is 0.464. The van der Waals surface area contributed by atoms with Crippen molar-refractivity contribution in [3.8, 4) is 0 Å². The molecule has 2 aliphatic rings. The largest absolute Gasteiger partial charge is 0.416 e. The third-order valence-corrected chi connectivity index (χ3v) is 7.29. The molecule has 9 heteroatoms. The summed E-state index contributed by atoms with van der Waals surface area (Å²) in [5, 5.41) is 2.98. The van der Waals surface area contributed by atoms with Crippen molar-refractivity contribution in [1.29, 1.82) is 0 Å². The number of rotatable bonds is 5. The highest BCUT2D eigenvalue weighted by atomic mass is 19.4. The average Bonchev–Trinajstić information content (AvgIpc) is 2.91. The summed E-state index contributed by atoms with van der Waals surface area (Å²) in [6.07, 6.45) is -0.502. The number of likely N-dealkylation sites (tertiary alicyclic amines) is 2. The maximum absolute atomic E-state index is 13.5. The van der Waals surface area contributed by atoms with E-state index in [-0.39, 0.29) is 29.2 Å². The number of nitrogens with one attached hydrogen (secondary N) is 1. The summed E-state index contributed by atoms with van der Waals surface area (Å²) in [7, 11) is 0. The lowest BCUT2D eigenvalue weighted by atomic mass is 9.87. The number of nitrogens with zero attached hydrogens (tertiary/aromatic N) is 2. The van der Waals surface area contributed by atoms with Gasteiger partial charge >= 0.3 is 6.18 Å². The van der Waals surface area contributed by atoms with Gasteiger partial charge in [0.05, 0.1) is 5.56 Å². The maximum atomic E-state index is 13.5. The van der Waals surface area contributed by atoms with Gasteiger partial charge in [-0.2, -0.15) is 13.2 Å². The van der Waals surface area contributed by atoms with E-state index in [9.17, 15) is 27.6 Å². The van der Waals surface area contributed by atoms with Crippen LogP contribution in [0.1, 0.15) is 63.9 Å². The van der Waals surface area contributed by atoms with Crippen LogP contribution in [0, 0.1) is 12.8 Å². The summed E-state index contributed by atoms with van der Waals surface area (Å²) >= 11 is 0. The number of alkyl halides is 3. The van der Waals surface area contributed by atoms with E-state index < -0.39 is 17.8 Å². The van der Waals surface area contributed by atoms with E-state index in [2.05, 4.69) is 5.32 Å². The second kappa shape index (κ2) is 11.4. The van der Waals surface area contributed by atoms with Gasteiger partial charge in [-0.1, -0.05) is 17.7 Å². The predicted octanol–water partition coefficient (Wildman–Crippen LogP) is 4.68. The van der Waals surface area contributed by atoms with Gasteiger partial charge < -0.3 is 15.1 Å². The Bertz CT molecular complexity index is 1100. The van der Waals surface area contributed by atoms with E-state index in [0.29, 0.717) is 44.6 Å². The summed E-state index contributed by atoms with van der Waals surface area (Å²) in [6.45, 7) is 3.98. The summed E-state index contributed by atoms with van der Waals surface area (Å²) in [4.78, 5) is 42.9. The zero-order chi connectivity index (χ0) is 26.6. The monoisotopic (exact) mass is 515 g/mol. The number of carbonyl (C=O) groups is 3. The summed E-state index contributed by atoms with van der Waals surface area (Å²) < 4.78 is 38.6. The zero-order valence-electron chi connectivity index (χ0n) is 20.9. The molecule has 37 heavy (non-hydrogen) atoms. The van der Waals surface area contributed by atoms with E-state index in [0.717, 1.165) is 37.0 Å². The lowest BCUT2D eigenvalue weighted by molar-refractivity contribution is -0.137. The first kappa shape index (κ1) is 26.7. The topological polar surface area (TPSA) is 69.7 Å². The third kappa shape index (κ3) is 6.50. The van der Waals surface area contributed by atoms with Crippen LogP contribution in [0.4, 0.5) is 13.2 Å². The van der Waals surface area contributed by atoms with Crippen molar-refractivity contribution < 1.29 is 27.6 Å². The molecule has 3 amide bonds. The SMILES string of the molecule is Cc1ccc(C(=O)N[C@@H](C(=O)N2CCCCC2)C2CCN(C(=O)c3ccc(C(F)(F)F)cc3)CC2)cc1. The summed E-state index contributed by atoms with van der Waals surface area (Å²) in [5.41, 5.74) is 0.908. The van der Waals surface area contributed by atoms with Gasteiger partial charge in [0.1, 0.15) is 6.04 Å². The van der Waals surface area contributed by atoms with E-state index in [1.807, 2.05) is 24.0 Å². The molecule has 1 N–H and O–H groups in total. The molecule has 0 aliphatic carbocycles. The van der Waals surface area contributed by atoms with Gasteiger partial charge in [0.2, 0.25) is 5.91 Å². The van der Waals surface area contributed by atoms with Gasteiger partial charge in [0, 0.05) is 37.3 Å². The molecule has 2 aliphatic heterocycles. The van der Waals surface area contributed by atoms with Crippen molar-refractivity contribution in [2.24, 2.45) is 5.92 Å². The Morgan fingerprint density at radius 3 is 1.95 bits per heavy atom. The van der Waals surface area contributed by atoms with Gasteiger partial charge in [-0.3, -0.25) is 14.4 Å². The Labute approximate surface area is 214 Å². The molecule has 0 spiro atoms. The zero-order valence-corrected chi connectivity index (χ0v) is 20.9. The van der Waals surface area contributed by atoms with Gasteiger partial charge in [-0.05, 0) is 81.3 Å². The van der Waals surface area contributed by atoms with E-state index in [4.69, 9.17) is 0 Å². The normalized spacial score (nSPS) is 17.8. The van der Waals surface area contributed by atoms with Crippen LogP contribution in [0.5, 0.6) is 0 Å². The van der Waals surface area contributed by atoms with Gasteiger partial charge in [-0.25, -0.2) is 0 Å². The summed E-state index contributed by atoms with van der Waals surface area (Å²) in [5.74, 6) is -0.887. The molecule has 2 saturated heterocycles. The van der Waals surface area contributed by atoms with Crippen LogP contribution in [0.3, 0.4) is 0 Å². The Hall–Kier alpha value is -3.36. The fourth-order valence-corrected chi connectivity index (χ4v) is 5.04. The number of benzene rings is 2. The fourth-order valence-electron chi connectivity index (χ4n) is 5.04. The quantitative estimate of drug-likeness (QED) is 0.629. The lowest BCUT2D eigenvalue weighted by Crippen LogP contribution is -2.55. The van der Waals surface area contributed by atoms with Crippen molar-refractivity contribution >= 4 is 17.7 Å². The van der Waals surface area contributed by atoms with Crippen molar-refractivity contribution in [1.82, 2.24) is 15.1 Å². The number of halogens is 3. The van der Waals surface area contributed by atoms with Crippen LogP contribution in [-0.4, -0.2) is 59.7 Å². The van der Waals surface area contributed by atoms with Gasteiger partial charge in [0.15, 0.2) is 0 Å². The van der Waals surface area contributed by atoms with Crippen molar-refractivity contribution in [2.75, 3.05) is 26.2 Å². The van der Waals surface area contributed by atoms with Crippen molar-refractivity contribution in [2.45, 2.75) is 51.2 Å². The van der Waals surface area contributed by atoms with Gasteiger partial charge in [0.25, 0.3) is 11.8 Å². The second-order valence-electron chi connectivity index (χ2n) is 9.91. The van der Waals surface area contributed by atoms with Crippen molar-refractivity contribution in [3.05, 3.63) is 70.8 Å². The molecule has 1 atom stereocenters. The third-order valence-electron chi connectivity index (χ3n) is 7.29. The number of aryl methyl sites for hydroxylation is 1. The minimum absolute atomic E-state index is 0.0901.